The highest BCUT2D eigenvalue weighted by Crippen LogP contribution is 2.38. The van der Waals surface area contributed by atoms with E-state index in [0.29, 0.717) is 29.5 Å². The zero-order chi connectivity index (χ0) is 18.5. The molecule has 138 valence electrons. The van der Waals surface area contributed by atoms with Gasteiger partial charge in [0.25, 0.3) is 0 Å². The van der Waals surface area contributed by atoms with Crippen molar-refractivity contribution in [2.75, 3.05) is 17.7 Å². The van der Waals surface area contributed by atoms with Crippen LogP contribution in [0.4, 0.5) is 10.1 Å². The second kappa shape index (κ2) is 8.45. The van der Waals surface area contributed by atoms with Crippen molar-refractivity contribution in [3.8, 4) is 11.5 Å². The topological polar surface area (TPSA) is 47.6 Å². The van der Waals surface area contributed by atoms with Crippen molar-refractivity contribution >= 4 is 23.4 Å². The van der Waals surface area contributed by atoms with Crippen LogP contribution in [0.2, 0.25) is 0 Å². The van der Waals surface area contributed by atoms with Gasteiger partial charge in [0, 0.05) is 23.8 Å². The van der Waals surface area contributed by atoms with E-state index in [1.165, 1.54) is 23.9 Å². The molecule has 0 spiro atoms. The first-order valence-corrected chi connectivity index (χ1v) is 9.79. The van der Waals surface area contributed by atoms with Crippen molar-refractivity contribution in [2.45, 2.75) is 32.1 Å². The average molecular weight is 375 g/mol. The van der Waals surface area contributed by atoms with Crippen molar-refractivity contribution in [3.05, 3.63) is 53.3 Å². The summed E-state index contributed by atoms with van der Waals surface area (Å²) >= 11 is 1.48. The van der Waals surface area contributed by atoms with Gasteiger partial charge in [-0.15, -0.1) is 11.8 Å². The molecule has 0 saturated carbocycles. The number of carbonyl (C=O) groups excluding carboxylic acids is 1. The molecule has 0 fully saturated rings. The van der Waals surface area contributed by atoms with Gasteiger partial charge in [-0.1, -0.05) is 12.1 Å². The van der Waals surface area contributed by atoms with Crippen LogP contribution >= 0.6 is 11.8 Å². The molecule has 0 aliphatic carbocycles. The van der Waals surface area contributed by atoms with Crippen LogP contribution in [0.3, 0.4) is 0 Å². The number of hydrogen-bond acceptors (Lipinski definition) is 4. The van der Waals surface area contributed by atoms with Crippen LogP contribution in [0.5, 0.6) is 11.5 Å². The predicted octanol–water partition coefficient (Wildman–Crippen LogP) is 4.42. The van der Waals surface area contributed by atoms with Crippen molar-refractivity contribution in [2.24, 2.45) is 0 Å². The molecule has 3 rings (SSSR count). The van der Waals surface area contributed by atoms with E-state index in [0.717, 1.165) is 23.3 Å². The van der Waals surface area contributed by atoms with Crippen LogP contribution in [-0.2, 0) is 17.0 Å². The maximum atomic E-state index is 12.9. The summed E-state index contributed by atoms with van der Waals surface area (Å²) in [5.41, 5.74) is 2.72. The van der Waals surface area contributed by atoms with E-state index >= 15 is 0 Å². The van der Waals surface area contributed by atoms with Crippen LogP contribution in [0, 0.1) is 5.82 Å². The van der Waals surface area contributed by atoms with E-state index in [1.54, 1.807) is 12.1 Å². The fourth-order valence-electron chi connectivity index (χ4n) is 2.84. The van der Waals surface area contributed by atoms with Crippen molar-refractivity contribution in [1.82, 2.24) is 0 Å². The fourth-order valence-corrected chi connectivity index (χ4v) is 3.63. The van der Waals surface area contributed by atoms with Crippen molar-refractivity contribution in [1.29, 1.82) is 0 Å². The van der Waals surface area contributed by atoms with Crippen molar-refractivity contribution < 1.29 is 18.7 Å². The van der Waals surface area contributed by atoms with E-state index in [2.05, 4.69) is 5.32 Å². The Labute approximate surface area is 157 Å². The van der Waals surface area contributed by atoms with Crippen LogP contribution in [0.1, 0.15) is 25.0 Å². The van der Waals surface area contributed by atoms with Crippen molar-refractivity contribution in [3.63, 3.8) is 0 Å². The first-order valence-electron chi connectivity index (χ1n) is 8.63. The number of hydrogen-bond donors (Lipinski definition) is 1. The summed E-state index contributed by atoms with van der Waals surface area (Å²) in [4.78, 5) is 12.3. The number of amides is 1. The monoisotopic (exact) mass is 375 g/mol. The Hall–Kier alpha value is -2.21. The van der Waals surface area contributed by atoms with E-state index in [1.807, 2.05) is 26.0 Å². The fraction of sp³-hybridized carbons (Fsp3) is 0.350. The number of anilines is 1. The lowest BCUT2D eigenvalue weighted by Crippen LogP contribution is -2.15. The molecule has 1 N–H and O–H groups in total. The molecule has 0 aromatic heterocycles. The normalized spacial score (nSPS) is 15.3. The summed E-state index contributed by atoms with van der Waals surface area (Å²) in [6.07, 6.45) is 0.980. The van der Waals surface area contributed by atoms with Gasteiger partial charge in [0.1, 0.15) is 23.4 Å². The number of rotatable bonds is 7. The molecule has 6 heteroatoms. The lowest BCUT2D eigenvalue weighted by molar-refractivity contribution is -0.113. The highest BCUT2D eigenvalue weighted by atomic mass is 32.2. The highest BCUT2D eigenvalue weighted by Gasteiger charge is 2.22. The molecule has 1 aliphatic rings. The summed E-state index contributed by atoms with van der Waals surface area (Å²) in [7, 11) is 0. The molecule has 0 unspecified atom stereocenters. The van der Waals surface area contributed by atoms with Crippen LogP contribution in [0.15, 0.2) is 36.4 Å². The van der Waals surface area contributed by atoms with Gasteiger partial charge in [-0.3, -0.25) is 4.79 Å². The molecule has 2 aromatic rings. The molecule has 0 bridgehead atoms. The van der Waals surface area contributed by atoms with E-state index in [9.17, 15) is 9.18 Å². The Morgan fingerprint density at radius 1 is 1.35 bits per heavy atom. The summed E-state index contributed by atoms with van der Waals surface area (Å²) in [6.45, 7) is 4.46. The third-order valence-corrected chi connectivity index (χ3v) is 4.99. The molecule has 4 nitrogen and oxygen atoms in total. The Morgan fingerprint density at radius 2 is 2.12 bits per heavy atom. The quantitative estimate of drug-likeness (QED) is 0.778. The number of fused-ring (bicyclic) bond motifs is 1. The van der Waals surface area contributed by atoms with Crippen LogP contribution < -0.4 is 14.8 Å². The number of halogens is 1. The molecule has 0 radical (unpaired) electrons. The largest absolute Gasteiger partial charge is 0.492 e. The number of thioether (sulfide) groups is 1. The number of benzene rings is 2. The summed E-state index contributed by atoms with van der Waals surface area (Å²) in [5, 5.41) is 2.91. The minimum absolute atomic E-state index is 0.107. The number of carbonyl (C=O) groups is 1. The van der Waals surface area contributed by atoms with Gasteiger partial charge in [0.15, 0.2) is 0 Å². The predicted molar refractivity (Wildman–Crippen MR) is 103 cm³/mol. The molecule has 1 amide bonds. The molecule has 0 saturated heterocycles. The highest BCUT2D eigenvalue weighted by molar-refractivity contribution is 7.99. The zero-order valence-electron chi connectivity index (χ0n) is 14.9. The van der Waals surface area contributed by atoms with Gasteiger partial charge in [-0.25, -0.2) is 4.39 Å². The van der Waals surface area contributed by atoms with Gasteiger partial charge < -0.3 is 14.8 Å². The van der Waals surface area contributed by atoms with Gasteiger partial charge in [0.2, 0.25) is 5.91 Å². The molecular weight excluding hydrogens is 353 g/mol. The first-order chi connectivity index (χ1) is 12.5. The Morgan fingerprint density at radius 3 is 2.85 bits per heavy atom. The molecule has 1 heterocycles. The van der Waals surface area contributed by atoms with E-state index < -0.39 is 0 Å². The summed E-state index contributed by atoms with van der Waals surface area (Å²) < 4.78 is 24.3. The maximum Gasteiger partial charge on any atom is 0.234 e. The standard InChI is InChI=1S/C20H22FNO3S/c1-3-24-19-9-15-8-13(2)25-18(15)10-17(19)22-20(23)12-26-11-14-4-6-16(21)7-5-14/h4-7,9-10,13H,3,8,11-12H2,1-2H3,(H,22,23)/t13-/m1/s1. The van der Waals surface area contributed by atoms with E-state index in [-0.39, 0.29) is 17.8 Å². The third kappa shape index (κ3) is 4.69. The first kappa shape index (κ1) is 18.6. The molecule has 2 aromatic carbocycles. The van der Waals surface area contributed by atoms with Gasteiger partial charge in [-0.2, -0.15) is 0 Å². The molecule has 1 atom stereocenters. The van der Waals surface area contributed by atoms with Gasteiger partial charge in [-0.05, 0) is 37.6 Å². The smallest absolute Gasteiger partial charge is 0.234 e. The Kier molecular flexibility index (Phi) is 6.04. The molecular formula is C20H22FNO3S. The lowest BCUT2D eigenvalue weighted by atomic mass is 10.1. The second-order valence-corrected chi connectivity index (χ2v) is 7.17. The van der Waals surface area contributed by atoms with Gasteiger partial charge in [0.05, 0.1) is 18.0 Å². The third-order valence-electron chi connectivity index (χ3n) is 3.99. The van der Waals surface area contributed by atoms with Gasteiger partial charge >= 0.3 is 0 Å². The van der Waals surface area contributed by atoms with Crippen LogP contribution in [-0.4, -0.2) is 24.4 Å². The second-order valence-electron chi connectivity index (χ2n) is 6.19. The van der Waals surface area contributed by atoms with Crippen LogP contribution in [0.25, 0.3) is 0 Å². The number of ether oxygens (including phenoxy) is 2. The lowest BCUT2D eigenvalue weighted by Gasteiger charge is -2.13. The summed E-state index contributed by atoms with van der Waals surface area (Å²) in [6, 6.07) is 10.1. The number of nitrogens with one attached hydrogen (secondary N) is 1. The maximum absolute atomic E-state index is 12.9. The Bertz CT molecular complexity index is 779. The SMILES string of the molecule is CCOc1cc2c(cc1NC(=O)CSCc1ccc(F)cc1)O[C@H](C)C2. The minimum atomic E-state index is -0.256. The zero-order valence-corrected chi connectivity index (χ0v) is 15.7. The molecule has 26 heavy (non-hydrogen) atoms. The molecule has 1 aliphatic heterocycles. The van der Waals surface area contributed by atoms with E-state index in [4.69, 9.17) is 9.47 Å². The summed E-state index contributed by atoms with van der Waals surface area (Å²) in [5.74, 6) is 2.06. The minimum Gasteiger partial charge on any atom is -0.492 e. The average Bonchev–Trinajstić information content (AvgIpc) is 2.96. The Balaban J connectivity index is 1.59.